The fraction of sp³-hybridized carbons (Fsp3) is 0.917. The highest BCUT2D eigenvalue weighted by molar-refractivity contribution is 5.81. The van der Waals surface area contributed by atoms with Crippen LogP contribution in [-0.2, 0) is 4.79 Å². The summed E-state index contributed by atoms with van der Waals surface area (Å²) >= 11 is 0. The Morgan fingerprint density at radius 1 is 1.44 bits per heavy atom. The lowest BCUT2D eigenvalue weighted by atomic mass is 9.96. The van der Waals surface area contributed by atoms with E-state index in [-0.39, 0.29) is 11.9 Å². The topological polar surface area (TPSA) is 44.4 Å². The van der Waals surface area contributed by atoms with Gasteiger partial charge in [-0.3, -0.25) is 9.69 Å². The van der Waals surface area contributed by atoms with Gasteiger partial charge in [0.2, 0.25) is 5.91 Å². The highest BCUT2D eigenvalue weighted by atomic mass is 16.2. The monoisotopic (exact) mass is 225 g/mol. The predicted octanol–water partition coefficient (Wildman–Crippen LogP) is 0.195. The van der Waals surface area contributed by atoms with Crippen molar-refractivity contribution in [1.29, 1.82) is 0 Å². The molecule has 3 unspecified atom stereocenters. The Morgan fingerprint density at radius 2 is 2.25 bits per heavy atom. The molecule has 2 rings (SSSR count). The molecule has 16 heavy (non-hydrogen) atoms. The third-order valence-electron chi connectivity index (χ3n) is 3.86. The first-order chi connectivity index (χ1) is 7.72. The minimum absolute atomic E-state index is 0.113. The van der Waals surface area contributed by atoms with Crippen molar-refractivity contribution < 1.29 is 4.79 Å². The van der Waals surface area contributed by atoms with E-state index in [2.05, 4.69) is 22.5 Å². The quantitative estimate of drug-likeness (QED) is 0.705. The average Bonchev–Trinajstić information content (AvgIpc) is 2.77. The Kier molecular flexibility index (Phi) is 3.82. The molecule has 0 aromatic heterocycles. The van der Waals surface area contributed by atoms with Gasteiger partial charge in [0.1, 0.15) is 0 Å². The summed E-state index contributed by atoms with van der Waals surface area (Å²) < 4.78 is 0. The van der Waals surface area contributed by atoms with Crippen molar-refractivity contribution in [1.82, 2.24) is 15.5 Å². The first-order valence-electron chi connectivity index (χ1n) is 6.40. The Balaban J connectivity index is 1.99. The number of piperidine rings is 1. The van der Waals surface area contributed by atoms with Gasteiger partial charge in [-0.2, -0.15) is 0 Å². The van der Waals surface area contributed by atoms with Crippen LogP contribution in [0, 0.1) is 5.92 Å². The number of carbonyl (C=O) groups excluding carboxylic acids is 1. The maximum absolute atomic E-state index is 11.8. The predicted molar refractivity (Wildman–Crippen MR) is 64.2 cm³/mol. The van der Waals surface area contributed by atoms with Crippen molar-refractivity contribution in [3.05, 3.63) is 0 Å². The summed E-state index contributed by atoms with van der Waals surface area (Å²) in [7, 11) is 1.74. The Hall–Kier alpha value is -0.610. The van der Waals surface area contributed by atoms with Crippen molar-refractivity contribution in [2.45, 2.75) is 38.3 Å². The summed E-state index contributed by atoms with van der Waals surface area (Å²) in [5.41, 5.74) is 0. The van der Waals surface area contributed by atoms with Crippen LogP contribution in [0.4, 0.5) is 0 Å². The minimum Gasteiger partial charge on any atom is -0.358 e. The largest absolute Gasteiger partial charge is 0.358 e. The molecule has 0 aromatic carbocycles. The van der Waals surface area contributed by atoms with Crippen LogP contribution in [0.2, 0.25) is 0 Å². The number of likely N-dealkylation sites (N-methyl/N-ethyl adjacent to an activating group) is 1. The van der Waals surface area contributed by atoms with Gasteiger partial charge in [0.05, 0.1) is 6.04 Å². The highest BCUT2D eigenvalue weighted by Gasteiger charge is 2.36. The Morgan fingerprint density at radius 3 is 2.94 bits per heavy atom. The van der Waals surface area contributed by atoms with Gasteiger partial charge < -0.3 is 10.6 Å². The molecule has 0 aliphatic carbocycles. The highest BCUT2D eigenvalue weighted by Crippen LogP contribution is 2.25. The smallest absolute Gasteiger partial charge is 0.237 e. The van der Waals surface area contributed by atoms with Crippen molar-refractivity contribution in [3.8, 4) is 0 Å². The zero-order chi connectivity index (χ0) is 11.5. The van der Waals surface area contributed by atoms with Crippen molar-refractivity contribution in [2.75, 3.05) is 26.7 Å². The standard InChI is InChI=1S/C12H23N3O/c1-9-6-10(8-14-7-9)15-5-3-4-11(15)12(16)13-2/h9-11,14H,3-8H2,1-2H3,(H,13,16). The molecule has 2 aliphatic heterocycles. The number of carbonyl (C=O) groups is 1. The molecule has 1 amide bonds. The molecule has 4 nitrogen and oxygen atoms in total. The van der Waals surface area contributed by atoms with Crippen LogP contribution < -0.4 is 10.6 Å². The number of hydrogen-bond donors (Lipinski definition) is 2. The van der Waals surface area contributed by atoms with Crippen molar-refractivity contribution in [3.63, 3.8) is 0 Å². The lowest BCUT2D eigenvalue weighted by Crippen LogP contribution is -2.53. The van der Waals surface area contributed by atoms with Crippen molar-refractivity contribution in [2.24, 2.45) is 5.92 Å². The second-order valence-corrected chi connectivity index (χ2v) is 5.16. The molecule has 2 saturated heterocycles. The molecule has 2 fully saturated rings. The third-order valence-corrected chi connectivity index (χ3v) is 3.86. The number of nitrogens with one attached hydrogen (secondary N) is 2. The van der Waals surface area contributed by atoms with Crippen LogP contribution in [0.5, 0.6) is 0 Å². The SMILES string of the molecule is CNC(=O)C1CCCN1C1CNCC(C)C1. The zero-order valence-electron chi connectivity index (χ0n) is 10.3. The van der Waals surface area contributed by atoms with Gasteiger partial charge in [0, 0.05) is 19.6 Å². The first kappa shape index (κ1) is 11.9. The second-order valence-electron chi connectivity index (χ2n) is 5.16. The van der Waals surface area contributed by atoms with Crippen LogP contribution >= 0.6 is 0 Å². The van der Waals surface area contributed by atoms with Gasteiger partial charge in [-0.05, 0) is 38.3 Å². The normalized spacial score (nSPS) is 36.2. The molecule has 0 saturated carbocycles. The lowest BCUT2D eigenvalue weighted by Gasteiger charge is -2.37. The van der Waals surface area contributed by atoms with E-state index >= 15 is 0 Å². The van der Waals surface area contributed by atoms with E-state index in [4.69, 9.17) is 0 Å². The van der Waals surface area contributed by atoms with Gasteiger partial charge in [-0.25, -0.2) is 0 Å². The third kappa shape index (κ3) is 2.38. The van der Waals surface area contributed by atoms with E-state index < -0.39 is 0 Å². The van der Waals surface area contributed by atoms with Gasteiger partial charge in [0.15, 0.2) is 0 Å². The van der Waals surface area contributed by atoms with E-state index in [1.165, 1.54) is 6.42 Å². The summed E-state index contributed by atoms with van der Waals surface area (Å²) in [6, 6.07) is 0.663. The number of amides is 1. The fourth-order valence-electron chi connectivity index (χ4n) is 3.05. The van der Waals surface area contributed by atoms with Crippen LogP contribution in [0.1, 0.15) is 26.2 Å². The average molecular weight is 225 g/mol. The van der Waals surface area contributed by atoms with E-state index in [1.807, 2.05) is 0 Å². The molecule has 0 bridgehead atoms. The molecular formula is C12H23N3O. The number of likely N-dealkylation sites (tertiary alicyclic amines) is 1. The van der Waals surface area contributed by atoms with Crippen LogP contribution in [-0.4, -0.2) is 49.6 Å². The van der Waals surface area contributed by atoms with Crippen LogP contribution in [0.3, 0.4) is 0 Å². The Labute approximate surface area is 97.8 Å². The molecular weight excluding hydrogens is 202 g/mol. The van der Waals surface area contributed by atoms with E-state index in [1.54, 1.807) is 7.05 Å². The van der Waals surface area contributed by atoms with Gasteiger partial charge in [0.25, 0.3) is 0 Å². The van der Waals surface area contributed by atoms with Gasteiger partial charge in [-0.15, -0.1) is 0 Å². The van der Waals surface area contributed by atoms with E-state index in [9.17, 15) is 4.79 Å². The fourth-order valence-corrected chi connectivity index (χ4v) is 3.05. The van der Waals surface area contributed by atoms with E-state index in [0.717, 1.165) is 38.4 Å². The summed E-state index contributed by atoms with van der Waals surface area (Å²) in [5, 5.41) is 6.25. The molecule has 0 radical (unpaired) electrons. The molecule has 2 N–H and O–H groups in total. The molecule has 4 heteroatoms. The molecule has 0 spiro atoms. The van der Waals surface area contributed by atoms with Crippen LogP contribution in [0.15, 0.2) is 0 Å². The zero-order valence-corrected chi connectivity index (χ0v) is 10.3. The lowest BCUT2D eigenvalue weighted by molar-refractivity contribution is -0.125. The maximum Gasteiger partial charge on any atom is 0.237 e. The Bertz CT molecular complexity index is 257. The summed E-state index contributed by atoms with van der Waals surface area (Å²) in [4.78, 5) is 14.2. The van der Waals surface area contributed by atoms with Gasteiger partial charge >= 0.3 is 0 Å². The molecule has 0 aromatic rings. The first-order valence-corrected chi connectivity index (χ1v) is 6.40. The van der Waals surface area contributed by atoms with E-state index in [0.29, 0.717) is 6.04 Å². The number of hydrogen-bond acceptors (Lipinski definition) is 3. The summed E-state index contributed by atoms with van der Waals surface area (Å²) in [6.07, 6.45) is 3.40. The molecule has 2 heterocycles. The second kappa shape index (κ2) is 5.15. The minimum atomic E-state index is 0.113. The maximum atomic E-state index is 11.8. The number of nitrogens with zero attached hydrogens (tertiary/aromatic N) is 1. The van der Waals surface area contributed by atoms with Crippen molar-refractivity contribution >= 4 is 5.91 Å². The molecule has 2 aliphatic rings. The molecule has 92 valence electrons. The van der Waals surface area contributed by atoms with Crippen LogP contribution in [0.25, 0.3) is 0 Å². The summed E-state index contributed by atoms with van der Waals surface area (Å²) in [5.74, 6) is 0.917. The summed E-state index contributed by atoms with van der Waals surface area (Å²) in [6.45, 7) is 5.52. The molecule has 3 atom stereocenters. The number of rotatable bonds is 2. The van der Waals surface area contributed by atoms with Gasteiger partial charge in [-0.1, -0.05) is 6.92 Å².